The highest BCUT2D eigenvalue weighted by atomic mass is 32.2. The molecule has 1 heterocycles. The first-order chi connectivity index (χ1) is 10.6. The summed E-state index contributed by atoms with van der Waals surface area (Å²) < 4.78 is 25.7. The van der Waals surface area contributed by atoms with Gasteiger partial charge >= 0.3 is 5.97 Å². The van der Waals surface area contributed by atoms with E-state index in [2.05, 4.69) is 10.0 Å². The van der Waals surface area contributed by atoms with Gasteiger partial charge in [0, 0.05) is 19.0 Å². The second-order valence-electron chi connectivity index (χ2n) is 5.70. The van der Waals surface area contributed by atoms with Gasteiger partial charge in [-0.15, -0.1) is 0 Å². The molecule has 0 bridgehead atoms. The smallest absolute Gasteiger partial charge is 0.326 e. The molecule has 0 aromatic carbocycles. The van der Waals surface area contributed by atoms with Gasteiger partial charge in [0.1, 0.15) is 6.04 Å². The predicted molar refractivity (Wildman–Crippen MR) is 82.1 cm³/mol. The van der Waals surface area contributed by atoms with E-state index in [4.69, 9.17) is 5.11 Å². The van der Waals surface area contributed by atoms with Gasteiger partial charge in [-0.2, -0.15) is 0 Å². The van der Waals surface area contributed by atoms with E-state index >= 15 is 0 Å². The molecular weight excluding hydrogens is 326 g/mol. The average Bonchev–Trinajstić information content (AvgIpc) is 2.92. The lowest BCUT2D eigenvalue weighted by Gasteiger charge is -2.21. The maximum absolute atomic E-state index is 12.0. The standard InChI is InChI=1S/C13H23N3O6S/c1-9(2)15-11(17)8-14-23(21,22)7-5-12(18)16-6-3-4-10(16)13(19)20/h9-10,14H,3-8H2,1-2H3,(H,15,17)(H,19,20)/t10-/m0/s1. The Kier molecular flexibility index (Phi) is 6.95. The number of hydrogen-bond acceptors (Lipinski definition) is 5. The van der Waals surface area contributed by atoms with Crippen molar-refractivity contribution in [2.45, 2.75) is 45.2 Å². The number of nitrogens with one attached hydrogen (secondary N) is 2. The number of amides is 2. The molecule has 0 aromatic rings. The van der Waals surface area contributed by atoms with Crippen molar-refractivity contribution in [3.05, 3.63) is 0 Å². The molecule has 0 spiro atoms. The maximum Gasteiger partial charge on any atom is 0.326 e. The molecule has 1 atom stereocenters. The number of hydrogen-bond donors (Lipinski definition) is 3. The normalized spacial score (nSPS) is 18.2. The van der Waals surface area contributed by atoms with Gasteiger partial charge in [-0.3, -0.25) is 9.59 Å². The molecule has 3 N–H and O–H groups in total. The summed E-state index contributed by atoms with van der Waals surface area (Å²) in [5.41, 5.74) is 0. The highest BCUT2D eigenvalue weighted by Crippen LogP contribution is 2.18. The van der Waals surface area contributed by atoms with Gasteiger partial charge in [0.2, 0.25) is 21.8 Å². The molecule has 0 unspecified atom stereocenters. The van der Waals surface area contributed by atoms with E-state index < -0.39 is 46.1 Å². The Labute approximate surface area is 135 Å². The second kappa shape index (κ2) is 8.25. The lowest BCUT2D eigenvalue weighted by atomic mass is 10.2. The molecule has 9 nitrogen and oxygen atoms in total. The highest BCUT2D eigenvalue weighted by Gasteiger charge is 2.34. The van der Waals surface area contributed by atoms with Crippen LogP contribution in [0.4, 0.5) is 0 Å². The van der Waals surface area contributed by atoms with Crippen LogP contribution in [-0.2, 0) is 24.4 Å². The SMILES string of the molecule is CC(C)NC(=O)CNS(=O)(=O)CCC(=O)N1CCC[C@H]1C(=O)O. The van der Waals surface area contributed by atoms with Crippen LogP contribution in [0.3, 0.4) is 0 Å². The van der Waals surface area contributed by atoms with Crippen LogP contribution < -0.4 is 10.0 Å². The summed E-state index contributed by atoms with van der Waals surface area (Å²) in [6.07, 6.45) is 0.648. The summed E-state index contributed by atoms with van der Waals surface area (Å²) in [7, 11) is -3.78. The number of carbonyl (C=O) groups is 3. The maximum atomic E-state index is 12.0. The Morgan fingerprint density at radius 1 is 1.30 bits per heavy atom. The molecule has 0 radical (unpaired) electrons. The van der Waals surface area contributed by atoms with Crippen LogP contribution in [0.2, 0.25) is 0 Å². The first kappa shape index (κ1) is 19.4. The molecule has 1 aliphatic heterocycles. The number of carboxylic acid groups (broad SMARTS) is 1. The molecule has 1 fully saturated rings. The zero-order valence-electron chi connectivity index (χ0n) is 13.2. The lowest BCUT2D eigenvalue weighted by Crippen LogP contribution is -2.43. The molecule has 0 saturated carbocycles. The zero-order valence-corrected chi connectivity index (χ0v) is 14.1. The predicted octanol–water partition coefficient (Wildman–Crippen LogP) is -1.10. The summed E-state index contributed by atoms with van der Waals surface area (Å²) in [5, 5.41) is 11.5. The fourth-order valence-corrected chi connectivity index (χ4v) is 3.25. The summed E-state index contributed by atoms with van der Waals surface area (Å²) in [6, 6.07) is -0.980. The Hall–Kier alpha value is -1.68. The van der Waals surface area contributed by atoms with Crippen molar-refractivity contribution in [2.24, 2.45) is 0 Å². The Bertz CT molecular complexity index is 560. The van der Waals surface area contributed by atoms with Crippen LogP contribution in [0, 0.1) is 0 Å². The van der Waals surface area contributed by atoms with E-state index in [9.17, 15) is 22.8 Å². The minimum Gasteiger partial charge on any atom is -0.480 e. The number of carbonyl (C=O) groups excluding carboxylic acids is 2. The molecule has 2 amide bonds. The Morgan fingerprint density at radius 3 is 2.52 bits per heavy atom. The van der Waals surface area contributed by atoms with Crippen molar-refractivity contribution in [3.63, 3.8) is 0 Å². The number of aliphatic carboxylic acids is 1. The van der Waals surface area contributed by atoms with Gasteiger partial charge in [0.15, 0.2) is 0 Å². The van der Waals surface area contributed by atoms with Crippen LogP contribution in [0.15, 0.2) is 0 Å². The van der Waals surface area contributed by atoms with Crippen LogP contribution >= 0.6 is 0 Å². The molecule has 1 aliphatic rings. The van der Waals surface area contributed by atoms with E-state index in [0.29, 0.717) is 19.4 Å². The fraction of sp³-hybridized carbons (Fsp3) is 0.769. The van der Waals surface area contributed by atoms with Gasteiger partial charge in [-0.1, -0.05) is 0 Å². The summed E-state index contributed by atoms with van der Waals surface area (Å²) in [5.74, 6) is -2.53. The van der Waals surface area contributed by atoms with Crippen LogP contribution in [-0.4, -0.2) is 67.1 Å². The molecule has 0 aromatic heterocycles. The molecule has 132 valence electrons. The van der Waals surface area contributed by atoms with Gasteiger partial charge in [0.05, 0.1) is 12.3 Å². The third-order valence-corrected chi connectivity index (χ3v) is 4.67. The number of sulfonamides is 1. The van der Waals surface area contributed by atoms with Gasteiger partial charge in [0.25, 0.3) is 0 Å². The third-order valence-electron chi connectivity index (χ3n) is 3.35. The fourth-order valence-electron chi connectivity index (χ4n) is 2.31. The highest BCUT2D eigenvalue weighted by molar-refractivity contribution is 7.89. The molecule has 1 saturated heterocycles. The van der Waals surface area contributed by atoms with Gasteiger partial charge < -0.3 is 15.3 Å². The quantitative estimate of drug-likeness (QED) is 0.509. The van der Waals surface area contributed by atoms with Crippen molar-refractivity contribution in [1.82, 2.24) is 14.9 Å². The summed E-state index contributed by atoms with van der Waals surface area (Å²) >= 11 is 0. The monoisotopic (exact) mass is 349 g/mol. The van der Waals surface area contributed by atoms with Crippen molar-refractivity contribution >= 4 is 27.8 Å². The molecule has 0 aliphatic carbocycles. The topological polar surface area (TPSA) is 133 Å². The summed E-state index contributed by atoms with van der Waals surface area (Å²) in [4.78, 5) is 35.6. The first-order valence-electron chi connectivity index (χ1n) is 7.41. The van der Waals surface area contributed by atoms with Crippen molar-refractivity contribution in [2.75, 3.05) is 18.8 Å². The van der Waals surface area contributed by atoms with Crippen LogP contribution in [0.25, 0.3) is 0 Å². The average molecular weight is 349 g/mol. The molecule has 1 rings (SSSR count). The van der Waals surface area contributed by atoms with E-state index in [1.54, 1.807) is 13.8 Å². The number of rotatable bonds is 8. The largest absolute Gasteiger partial charge is 0.480 e. The van der Waals surface area contributed by atoms with E-state index in [-0.39, 0.29) is 12.5 Å². The van der Waals surface area contributed by atoms with Crippen molar-refractivity contribution in [3.8, 4) is 0 Å². The third kappa shape index (κ3) is 6.53. The number of nitrogens with zero attached hydrogens (tertiary/aromatic N) is 1. The van der Waals surface area contributed by atoms with Crippen LogP contribution in [0.1, 0.15) is 33.1 Å². The zero-order chi connectivity index (χ0) is 17.6. The Morgan fingerprint density at radius 2 is 1.96 bits per heavy atom. The minimum atomic E-state index is -3.78. The molecule has 23 heavy (non-hydrogen) atoms. The minimum absolute atomic E-state index is 0.100. The number of carboxylic acids is 1. The lowest BCUT2D eigenvalue weighted by molar-refractivity contribution is -0.148. The molecular formula is C13H23N3O6S. The molecule has 10 heteroatoms. The Balaban J connectivity index is 2.45. The first-order valence-corrected chi connectivity index (χ1v) is 9.06. The van der Waals surface area contributed by atoms with Gasteiger partial charge in [-0.25, -0.2) is 17.9 Å². The van der Waals surface area contributed by atoms with E-state index in [1.165, 1.54) is 4.90 Å². The second-order valence-corrected chi connectivity index (χ2v) is 7.62. The number of likely N-dealkylation sites (tertiary alicyclic amines) is 1. The van der Waals surface area contributed by atoms with E-state index in [0.717, 1.165) is 0 Å². The van der Waals surface area contributed by atoms with Crippen LogP contribution in [0.5, 0.6) is 0 Å². The van der Waals surface area contributed by atoms with E-state index in [1.807, 2.05) is 0 Å². The van der Waals surface area contributed by atoms with Gasteiger partial charge in [-0.05, 0) is 26.7 Å². The van der Waals surface area contributed by atoms with Crippen molar-refractivity contribution in [1.29, 1.82) is 0 Å². The van der Waals surface area contributed by atoms with Crippen molar-refractivity contribution < 1.29 is 27.9 Å². The summed E-state index contributed by atoms with van der Waals surface area (Å²) in [6.45, 7) is 3.43.